The number of pyridine rings is 1. The molecule has 1 aromatic carbocycles. The second-order valence-corrected chi connectivity index (χ2v) is 5.77. The Bertz CT molecular complexity index is 1100. The number of hydrogen-bond acceptors (Lipinski definition) is 6. The van der Waals surface area contributed by atoms with Crippen LogP contribution >= 0.6 is 0 Å². The van der Waals surface area contributed by atoms with Crippen molar-refractivity contribution < 1.29 is 9.32 Å². The van der Waals surface area contributed by atoms with E-state index in [9.17, 15) is 4.79 Å². The summed E-state index contributed by atoms with van der Waals surface area (Å²) in [7, 11) is 0. The zero-order chi connectivity index (χ0) is 20.1. The number of nitrogens with zero attached hydrogens (tertiary/aromatic N) is 4. The highest BCUT2D eigenvalue weighted by atomic mass is 16.5. The highest BCUT2D eigenvalue weighted by Gasteiger charge is 2.15. The van der Waals surface area contributed by atoms with E-state index in [2.05, 4.69) is 20.4 Å². The third kappa shape index (κ3) is 3.77. The summed E-state index contributed by atoms with van der Waals surface area (Å²) in [6.45, 7) is 6.09. The van der Waals surface area contributed by atoms with Gasteiger partial charge >= 0.3 is 0 Å². The molecule has 0 saturated carbocycles. The molecule has 0 aliphatic heterocycles. The SMILES string of the molecule is CC.Cc1ccc(-c2noc(CN)n2)cc1NC(=O)c1cnc2ccccn12. The number of aromatic nitrogens is 4. The van der Waals surface area contributed by atoms with E-state index in [-0.39, 0.29) is 12.5 Å². The summed E-state index contributed by atoms with van der Waals surface area (Å²) in [5.74, 6) is 0.535. The zero-order valence-electron chi connectivity index (χ0n) is 16.0. The summed E-state index contributed by atoms with van der Waals surface area (Å²) < 4.78 is 6.78. The van der Waals surface area contributed by atoms with E-state index in [0.717, 1.165) is 11.1 Å². The molecule has 8 nitrogen and oxygen atoms in total. The monoisotopic (exact) mass is 378 g/mol. The molecule has 8 heteroatoms. The normalized spacial score (nSPS) is 10.4. The van der Waals surface area contributed by atoms with Crippen LogP contribution in [0.1, 0.15) is 35.8 Å². The Balaban J connectivity index is 0.00000109. The Morgan fingerprint density at radius 2 is 2.07 bits per heavy atom. The molecule has 3 aromatic heterocycles. The van der Waals surface area contributed by atoms with E-state index < -0.39 is 0 Å². The van der Waals surface area contributed by atoms with Crippen LogP contribution < -0.4 is 11.1 Å². The molecule has 0 unspecified atom stereocenters. The topological polar surface area (TPSA) is 111 Å². The summed E-state index contributed by atoms with van der Waals surface area (Å²) in [4.78, 5) is 21.2. The molecule has 144 valence electrons. The summed E-state index contributed by atoms with van der Waals surface area (Å²) in [6.07, 6.45) is 3.35. The van der Waals surface area contributed by atoms with Crippen molar-refractivity contribution in [3.05, 3.63) is 65.9 Å². The van der Waals surface area contributed by atoms with Crippen LogP contribution in [0.15, 0.2) is 53.3 Å². The van der Waals surface area contributed by atoms with Crippen LogP contribution in [0.4, 0.5) is 5.69 Å². The van der Waals surface area contributed by atoms with Crippen LogP contribution in [-0.4, -0.2) is 25.4 Å². The molecule has 28 heavy (non-hydrogen) atoms. The van der Waals surface area contributed by atoms with Gasteiger partial charge in [0.1, 0.15) is 11.3 Å². The quantitative estimate of drug-likeness (QED) is 0.563. The third-order valence-electron chi connectivity index (χ3n) is 4.04. The Kier molecular flexibility index (Phi) is 5.81. The molecule has 0 radical (unpaired) electrons. The molecule has 4 aromatic rings. The minimum atomic E-state index is -0.250. The van der Waals surface area contributed by atoms with Crippen molar-refractivity contribution in [1.82, 2.24) is 19.5 Å². The molecule has 0 fully saturated rings. The van der Waals surface area contributed by atoms with Crippen LogP contribution in [0.5, 0.6) is 0 Å². The van der Waals surface area contributed by atoms with Crippen molar-refractivity contribution >= 4 is 17.2 Å². The molecule has 0 atom stereocenters. The highest BCUT2D eigenvalue weighted by Crippen LogP contribution is 2.24. The van der Waals surface area contributed by atoms with E-state index >= 15 is 0 Å². The highest BCUT2D eigenvalue weighted by molar-refractivity contribution is 6.04. The number of imidazole rings is 1. The summed E-state index contributed by atoms with van der Waals surface area (Å²) in [5, 5.41) is 6.83. The largest absolute Gasteiger partial charge is 0.338 e. The van der Waals surface area contributed by atoms with Crippen molar-refractivity contribution in [3.63, 3.8) is 0 Å². The molecule has 0 spiro atoms. The minimum Gasteiger partial charge on any atom is -0.338 e. The fraction of sp³-hybridized carbons (Fsp3) is 0.200. The fourth-order valence-corrected chi connectivity index (χ4v) is 2.64. The molecular weight excluding hydrogens is 356 g/mol. The van der Waals surface area contributed by atoms with Crippen molar-refractivity contribution in [1.29, 1.82) is 0 Å². The first-order valence-electron chi connectivity index (χ1n) is 9.03. The second kappa shape index (κ2) is 8.45. The molecule has 0 aliphatic rings. The van der Waals surface area contributed by atoms with Crippen LogP contribution in [0.25, 0.3) is 17.0 Å². The predicted octanol–water partition coefficient (Wildman–Crippen LogP) is 3.43. The number of amides is 1. The standard InChI is InChI=1S/C18H16N6O2.C2H6/c1-11-5-6-12(17-22-16(9-19)26-23-17)8-13(11)21-18(25)14-10-20-15-4-2-3-7-24(14)15;1-2/h2-8,10H,9,19H2,1H3,(H,21,25);1-2H3. The average molecular weight is 378 g/mol. The summed E-state index contributed by atoms with van der Waals surface area (Å²) >= 11 is 0. The van der Waals surface area contributed by atoms with Gasteiger partial charge in [-0.15, -0.1) is 0 Å². The van der Waals surface area contributed by atoms with Gasteiger partial charge in [0.25, 0.3) is 5.91 Å². The van der Waals surface area contributed by atoms with Crippen molar-refractivity contribution in [3.8, 4) is 11.4 Å². The number of rotatable bonds is 4. The van der Waals surface area contributed by atoms with Gasteiger partial charge in [0.15, 0.2) is 0 Å². The number of anilines is 1. The van der Waals surface area contributed by atoms with Crippen LogP contribution in [0.3, 0.4) is 0 Å². The van der Waals surface area contributed by atoms with Gasteiger partial charge in [-0.1, -0.05) is 37.2 Å². The smallest absolute Gasteiger partial charge is 0.274 e. The zero-order valence-corrected chi connectivity index (χ0v) is 16.0. The van der Waals surface area contributed by atoms with Gasteiger partial charge in [0.2, 0.25) is 11.7 Å². The average Bonchev–Trinajstić information content (AvgIpc) is 3.38. The van der Waals surface area contributed by atoms with Crippen molar-refractivity contribution in [2.45, 2.75) is 27.3 Å². The predicted molar refractivity (Wildman–Crippen MR) is 107 cm³/mol. The van der Waals surface area contributed by atoms with Gasteiger partial charge in [0.05, 0.1) is 12.7 Å². The minimum absolute atomic E-state index is 0.177. The fourth-order valence-electron chi connectivity index (χ4n) is 2.64. The lowest BCUT2D eigenvalue weighted by Crippen LogP contribution is -2.15. The summed E-state index contributed by atoms with van der Waals surface area (Å²) in [6, 6.07) is 11.1. The molecule has 3 heterocycles. The van der Waals surface area contributed by atoms with E-state index in [1.807, 2.05) is 57.2 Å². The van der Waals surface area contributed by atoms with E-state index in [1.54, 1.807) is 16.8 Å². The van der Waals surface area contributed by atoms with Crippen LogP contribution in [-0.2, 0) is 6.54 Å². The Morgan fingerprint density at radius 3 is 2.82 bits per heavy atom. The number of nitrogens with two attached hydrogens (primary N) is 1. The number of carbonyl (C=O) groups is 1. The van der Waals surface area contributed by atoms with E-state index in [1.165, 1.54) is 0 Å². The Labute approximate surface area is 162 Å². The number of aryl methyl sites for hydroxylation is 1. The van der Waals surface area contributed by atoms with Gasteiger partial charge in [0, 0.05) is 17.4 Å². The molecular formula is C20H22N6O2. The first-order valence-corrected chi connectivity index (χ1v) is 9.03. The molecule has 1 amide bonds. The lowest BCUT2D eigenvalue weighted by Gasteiger charge is -2.09. The maximum Gasteiger partial charge on any atom is 0.274 e. The molecule has 0 aliphatic carbocycles. The van der Waals surface area contributed by atoms with Gasteiger partial charge < -0.3 is 15.6 Å². The van der Waals surface area contributed by atoms with Crippen molar-refractivity contribution in [2.24, 2.45) is 5.73 Å². The van der Waals surface area contributed by atoms with Gasteiger partial charge in [-0.25, -0.2) is 4.98 Å². The Hall–Kier alpha value is -3.52. The van der Waals surface area contributed by atoms with Crippen molar-refractivity contribution in [2.75, 3.05) is 5.32 Å². The number of carbonyl (C=O) groups excluding carboxylic acids is 1. The number of fused-ring (bicyclic) bond motifs is 1. The van der Waals surface area contributed by atoms with Gasteiger partial charge in [-0.2, -0.15) is 4.98 Å². The number of hydrogen-bond donors (Lipinski definition) is 2. The third-order valence-corrected chi connectivity index (χ3v) is 4.04. The van der Waals surface area contributed by atoms with Gasteiger partial charge in [-0.05, 0) is 30.7 Å². The van der Waals surface area contributed by atoms with E-state index in [4.69, 9.17) is 10.3 Å². The summed E-state index contributed by atoms with van der Waals surface area (Å²) in [5.41, 5.74) is 8.97. The molecule has 3 N–H and O–H groups in total. The second-order valence-electron chi connectivity index (χ2n) is 5.77. The van der Waals surface area contributed by atoms with Crippen LogP contribution in [0, 0.1) is 6.92 Å². The lowest BCUT2D eigenvalue weighted by atomic mass is 10.1. The maximum atomic E-state index is 12.7. The molecule has 0 saturated heterocycles. The number of benzene rings is 1. The molecule has 0 bridgehead atoms. The van der Waals surface area contributed by atoms with E-state index in [0.29, 0.717) is 28.7 Å². The Morgan fingerprint density at radius 1 is 1.25 bits per heavy atom. The van der Waals surface area contributed by atoms with Crippen LogP contribution in [0.2, 0.25) is 0 Å². The van der Waals surface area contributed by atoms with Gasteiger partial charge in [-0.3, -0.25) is 9.20 Å². The number of nitrogens with one attached hydrogen (secondary N) is 1. The first-order chi connectivity index (χ1) is 13.7. The first kappa shape index (κ1) is 19.2. The molecule has 4 rings (SSSR count). The lowest BCUT2D eigenvalue weighted by molar-refractivity contribution is 0.102. The maximum absolute atomic E-state index is 12.7.